The lowest BCUT2D eigenvalue weighted by molar-refractivity contribution is -0.115. The second-order valence-corrected chi connectivity index (χ2v) is 8.36. The molecule has 1 amide bonds. The summed E-state index contributed by atoms with van der Waals surface area (Å²) in [5.74, 6) is 0.0157. The second kappa shape index (κ2) is 9.37. The Morgan fingerprint density at radius 2 is 1.84 bits per heavy atom. The number of halogens is 2. The van der Waals surface area contributed by atoms with E-state index in [4.69, 9.17) is 16.3 Å². The van der Waals surface area contributed by atoms with Gasteiger partial charge in [-0.1, -0.05) is 47.5 Å². The summed E-state index contributed by atoms with van der Waals surface area (Å²) in [6, 6.07) is 19.1. The van der Waals surface area contributed by atoms with Gasteiger partial charge < -0.3 is 10.1 Å². The quantitative estimate of drug-likeness (QED) is 0.465. The van der Waals surface area contributed by atoms with Gasteiger partial charge in [0.15, 0.2) is 5.17 Å². The van der Waals surface area contributed by atoms with E-state index >= 15 is 0 Å². The predicted molar refractivity (Wildman–Crippen MR) is 124 cm³/mol. The zero-order chi connectivity index (χ0) is 21.8. The highest BCUT2D eigenvalue weighted by molar-refractivity contribution is 8.18. The summed E-state index contributed by atoms with van der Waals surface area (Å²) in [6.07, 6.45) is 1.76. The van der Waals surface area contributed by atoms with Gasteiger partial charge in [0, 0.05) is 0 Å². The first kappa shape index (κ1) is 21.2. The highest BCUT2D eigenvalue weighted by Gasteiger charge is 2.23. The van der Waals surface area contributed by atoms with Gasteiger partial charge in [0.2, 0.25) is 0 Å². The van der Waals surface area contributed by atoms with E-state index in [-0.39, 0.29) is 18.3 Å². The van der Waals surface area contributed by atoms with Crippen molar-refractivity contribution < 1.29 is 13.9 Å². The van der Waals surface area contributed by atoms with E-state index in [1.54, 1.807) is 30.3 Å². The lowest BCUT2D eigenvalue weighted by atomic mass is 10.2. The van der Waals surface area contributed by atoms with E-state index in [0.717, 1.165) is 22.4 Å². The van der Waals surface area contributed by atoms with Crippen molar-refractivity contribution in [1.29, 1.82) is 0 Å². The molecule has 0 saturated carbocycles. The molecule has 1 fully saturated rings. The zero-order valence-electron chi connectivity index (χ0n) is 16.6. The number of nitrogens with one attached hydrogen (secondary N) is 1. The molecule has 4 rings (SSSR count). The van der Waals surface area contributed by atoms with Crippen LogP contribution in [0.15, 0.2) is 76.6 Å². The molecule has 0 spiro atoms. The molecule has 31 heavy (non-hydrogen) atoms. The number of amides is 1. The monoisotopic (exact) mass is 452 g/mol. The Kier molecular flexibility index (Phi) is 6.39. The van der Waals surface area contributed by atoms with Crippen LogP contribution in [-0.4, -0.2) is 11.1 Å². The van der Waals surface area contributed by atoms with Gasteiger partial charge in [-0.15, -0.1) is 0 Å². The number of ether oxygens (including phenoxy) is 1. The molecule has 1 heterocycles. The number of hydrogen-bond acceptors (Lipinski definition) is 4. The molecule has 3 aromatic carbocycles. The van der Waals surface area contributed by atoms with Crippen LogP contribution in [0.5, 0.6) is 5.75 Å². The third-order valence-electron chi connectivity index (χ3n) is 4.48. The van der Waals surface area contributed by atoms with E-state index < -0.39 is 0 Å². The van der Waals surface area contributed by atoms with Crippen molar-refractivity contribution in [2.45, 2.75) is 13.5 Å². The second-order valence-electron chi connectivity index (χ2n) is 6.92. The number of benzene rings is 3. The summed E-state index contributed by atoms with van der Waals surface area (Å²) >= 11 is 7.62. The largest absolute Gasteiger partial charge is 0.487 e. The average molecular weight is 453 g/mol. The third-order valence-corrected chi connectivity index (χ3v) is 5.68. The normalized spacial score (nSPS) is 16.0. The highest BCUT2D eigenvalue weighted by atomic mass is 35.5. The molecule has 0 bridgehead atoms. The highest BCUT2D eigenvalue weighted by Crippen LogP contribution is 2.31. The number of aryl methyl sites for hydroxylation is 1. The lowest BCUT2D eigenvalue weighted by Crippen LogP contribution is -2.19. The summed E-state index contributed by atoms with van der Waals surface area (Å²) in [5, 5.41) is 3.73. The molecule has 3 aromatic rings. The minimum Gasteiger partial charge on any atom is -0.487 e. The third kappa shape index (κ3) is 5.54. The van der Waals surface area contributed by atoms with Crippen LogP contribution in [0, 0.1) is 12.7 Å². The van der Waals surface area contributed by atoms with Crippen LogP contribution in [0.2, 0.25) is 5.02 Å². The number of aliphatic imine (C=N–C) groups is 1. The summed E-state index contributed by atoms with van der Waals surface area (Å²) in [4.78, 5) is 17.3. The summed E-state index contributed by atoms with van der Waals surface area (Å²) in [7, 11) is 0. The van der Waals surface area contributed by atoms with Crippen molar-refractivity contribution in [3.63, 3.8) is 0 Å². The first-order valence-electron chi connectivity index (χ1n) is 9.49. The van der Waals surface area contributed by atoms with Gasteiger partial charge in [-0.25, -0.2) is 9.38 Å². The molecule has 1 aliphatic rings. The SMILES string of the molecule is Cc1ccc(N=C2NC(=O)/C(=C/c3ccc(OCc4ccc(F)cc4)c(Cl)c3)S2)cc1. The van der Waals surface area contributed by atoms with E-state index in [0.29, 0.717) is 20.8 Å². The van der Waals surface area contributed by atoms with Crippen LogP contribution < -0.4 is 10.1 Å². The van der Waals surface area contributed by atoms with Crippen molar-refractivity contribution in [3.05, 3.63) is 99.2 Å². The number of carbonyl (C=O) groups is 1. The smallest absolute Gasteiger partial charge is 0.264 e. The molecule has 1 saturated heterocycles. The minimum absolute atomic E-state index is 0.205. The molecule has 7 heteroatoms. The standard InChI is InChI=1S/C24H18ClFN2O2S/c1-15-2-9-19(10-3-15)27-24-28-23(29)22(31-24)13-17-6-11-21(20(25)12-17)30-14-16-4-7-18(26)8-5-16/h2-13H,14H2,1H3,(H,27,28,29)/b22-13-. The fourth-order valence-electron chi connectivity index (χ4n) is 2.83. The molecular weight excluding hydrogens is 435 g/mol. The van der Waals surface area contributed by atoms with Crippen molar-refractivity contribution in [1.82, 2.24) is 5.32 Å². The molecule has 1 aliphatic heterocycles. The summed E-state index contributed by atoms with van der Waals surface area (Å²) in [5.41, 5.74) is 3.53. The Hall–Kier alpha value is -3.09. The van der Waals surface area contributed by atoms with Crippen LogP contribution in [0.1, 0.15) is 16.7 Å². The maximum Gasteiger partial charge on any atom is 0.264 e. The van der Waals surface area contributed by atoms with Gasteiger partial charge >= 0.3 is 0 Å². The van der Waals surface area contributed by atoms with E-state index in [1.807, 2.05) is 37.3 Å². The number of amidine groups is 1. The summed E-state index contributed by atoms with van der Waals surface area (Å²) in [6.45, 7) is 2.28. The molecular formula is C24H18ClFN2O2S. The van der Waals surface area contributed by atoms with Crippen LogP contribution in [0.4, 0.5) is 10.1 Å². The maximum atomic E-state index is 13.0. The van der Waals surface area contributed by atoms with E-state index in [9.17, 15) is 9.18 Å². The Bertz CT molecular complexity index is 1180. The Balaban J connectivity index is 1.44. The van der Waals surface area contributed by atoms with Gasteiger partial charge in [0.25, 0.3) is 5.91 Å². The van der Waals surface area contributed by atoms with Crippen molar-refractivity contribution >= 4 is 46.2 Å². The fourth-order valence-corrected chi connectivity index (χ4v) is 3.92. The van der Waals surface area contributed by atoms with Crippen molar-refractivity contribution in [2.24, 2.45) is 4.99 Å². The maximum absolute atomic E-state index is 13.0. The molecule has 0 aliphatic carbocycles. The van der Waals surface area contributed by atoms with Gasteiger partial charge in [0.05, 0.1) is 15.6 Å². The molecule has 156 valence electrons. The molecule has 0 unspecified atom stereocenters. The lowest BCUT2D eigenvalue weighted by Gasteiger charge is -2.09. The Labute approximate surface area is 188 Å². The Morgan fingerprint density at radius 3 is 2.55 bits per heavy atom. The van der Waals surface area contributed by atoms with Crippen LogP contribution in [-0.2, 0) is 11.4 Å². The van der Waals surface area contributed by atoms with Crippen molar-refractivity contribution in [2.75, 3.05) is 0 Å². The van der Waals surface area contributed by atoms with Crippen LogP contribution in [0.3, 0.4) is 0 Å². The number of rotatable bonds is 5. The number of hydrogen-bond donors (Lipinski definition) is 1. The van der Waals surface area contributed by atoms with Gasteiger partial charge in [0.1, 0.15) is 18.2 Å². The molecule has 4 nitrogen and oxygen atoms in total. The topological polar surface area (TPSA) is 50.7 Å². The first-order valence-corrected chi connectivity index (χ1v) is 10.7. The van der Waals surface area contributed by atoms with Crippen molar-refractivity contribution in [3.8, 4) is 5.75 Å². The predicted octanol–water partition coefficient (Wildman–Crippen LogP) is 6.26. The molecule has 0 radical (unpaired) electrons. The number of nitrogens with zero attached hydrogens (tertiary/aromatic N) is 1. The molecule has 0 aromatic heterocycles. The first-order chi connectivity index (χ1) is 15.0. The summed E-state index contributed by atoms with van der Waals surface area (Å²) < 4.78 is 18.7. The van der Waals surface area contributed by atoms with Crippen LogP contribution >= 0.6 is 23.4 Å². The zero-order valence-corrected chi connectivity index (χ0v) is 18.1. The van der Waals surface area contributed by atoms with Gasteiger partial charge in [-0.2, -0.15) is 0 Å². The van der Waals surface area contributed by atoms with Gasteiger partial charge in [-0.3, -0.25) is 4.79 Å². The van der Waals surface area contributed by atoms with E-state index in [1.165, 1.54) is 23.9 Å². The van der Waals surface area contributed by atoms with E-state index in [2.05, 4.69) is 10.3 Å². The van der Waals surface area contributed by atoms with Gasteiger partial charge in [-0.05, 0) is 72.3 Å². The van der Waals surface area contributed by atoms with Crippen LogP contribution in [0.25, 0.3) is 6.08 Å². The molecule has 1 N–H and O–H groups in total. The average Bonchev–Trinajstić information content (AvgIpc) is 3.09. The minimum atomic E-state index is -0.292. The number of carbonyl (C=O) groups excluding carboxylic acids is 1. The Morgan fingerprint density at radius 1 is 1.10 bits per heavy atom. The number of thioether (sulfide) groups is 1. The fraction of sp³-hybridized carbons (Fsp3) is 0.0833. The molecule has 0 atom stereocenters.